The van der Waals surface area contributed by atoms with Gasteiger partial charge in [0.2, 0.25) is 5.91 Å². The minimum atomic E-state index is 0.108. The molecule has 1 amide bonds. The van der Waals surface area contributed by atoms with E-state index in [1.165, 1.54) is 16.7 Å². The van der Waals surface area contributed by atoms with Crippen LogP contribution >= 0.6 is 0 Å². The lowest BCUT2D eigenvalue weighted by Gasteiger charge is -2.34. The van der Waals surface area contributed by atoms with Crippen molar-refractivity contribution in [1.82, 2.24) is 9.80 Å². The molecule has 1 fully saturated rings. The number of nitrogens with zero attached hydrogens (tertiary/aromatic N) is 2. The largest absolute Gasteiger partial charge is 0.337 e. The van der Waals surface area contributed by atoms with Gasteiger partial charge in [-0.15, -0.1) is 0 Å². The van der Waals surface area contributed by atoms with E-state index >= 15 is 0 Å². The molecule has 0 radical (unpaired) electrons. The summed E-state index contributed by atoms with van der Waals surface area (Å²) < 4.78 is 0. The molecule has 0 unspecified atom stereocenters. The SMILES string of the molecule is Cc1ccc(/C=C/C(=O)N2CCN(Cc3ccccc3C)CC2)cc1. The maximum atomic E-state index is 12.4. The van der Waals surface area contributed by atoms with E-state index in [0.717, 1.165) is 38.3 Å². The van der Waals surface area contributed by atoms with Gasteiger partial charge in [-0.1, -0.05) is 54.1 Å². The van der Waals surface area contributed by atoms with Crippen LogP contribution in [0.25, 0.3) is 6.08 Å². The fourth-order valence-corrected chi connectivity index (χ4v) is 3.11. The van der Waals surface area contributed by atoms with Crippen LogP contribution in [-0.4, -0.2) is 41.9 Å². The first-order chi connectivity index (χ1) is 12.1. The molecule has 0 spiro atoms. The van der Waals surface area contributed by atoms with Crippen molar-refractivity contribution in [3.63, 3.8) is 0 Å². The number of piperazine rings is 1. The molecule has 1 saturated heterocycles. The molecule has 1 aliphatic rings. The van der Waals surface area contributed by atoms with Crippen molar-refractivity contribution in [2.45, 2.75) is 20.4 Å². The Kier molecular flexibility index (Phi) is 5.67. The van der Waals surface area contributed by atoms with Gasteiger partial charge in [0.15, 0.2) is 0 Å². The lowest BCUT2D eigenvalue weighted by Crippen LogP contribution is -2.47. The minimum Gasteiger partial charge on any atom is -0.337 e. The van der Waals surface area contributed by atoms with Gasteiger partial charge in [-0.05, 0) is 36.6 Å². The Labute approximate surface area is 150 Å². The topological polar surface area (TPSA) is 23.6 Å². The van der Waals surface area contributed by atoms with Gasteiger partial charge >= 0.3 is 0 Å². The van der Waals surface area contributed by atoms with E-state index in [1.54, 1.807) is 6.08 Å². The number of hydrogen-bond acceptors (Lipinski definition) is 2. The monoisotopic (exact) mass is 334 g/mol. The van der Waals surface area contributed by atoms with Crippen LogP contribution in [0.4, 0.5) is 0 Å². The average Bonchev–Trinajstić information content (AvgIpc) is 2.63. The Morgan fingerprint density at radius 3 is 2.32 bits per heavy atom. The van der Waals surface area contributed by atoms with Crippen molar-refractivity contribution < 1.29 is 4.79 Å². The number of carbonyl (C=O) groups excluding carboxylic acids is 1. The lowest BCUT2D eigenvalue weighted by molar-refractivity contribution is -0.127. The van der Waals surface area contributed by atoms with E-state index in [4.69, 9.17) is 0 Å². The van der Waals surface area contributed by atoms with E-state index in [1.807, 2.05) is 23.1 Å². The summed E-state index contributed by atoms with van der Waals surface area (Å²) in [5, 5.41) is 0. The van der Waals surface area contributed by atoms with Gasteiger partial charge in [0, 0.05) is 38.8 Å². The van der Waals surface area contributed by atoms with Crippen LogP contribution in [0.15, 0.2) is 54.6 Å². The summed E-state index contributed by atoms with van der Waals surface area (Å²) in [4.78, 5) is 16.7. The molecule has 0 atom stereocenters. The molecule has 3 rings (SSSR count). The second kappa shape index (κ2) is 8.13. The van der Waals surface area contributed by atoms with Crippen LogP contribution in [-0.2, 0) is 11.3 Å². The molecule has 2 aromatic carbocycles. The summed E-state index contributed by atoms with van der Waals surface area (Å²) in [7, 11) is 0. The molecule has 3 heteroatoms. The highest BCUT2D eigenvalue weighted by molar-refractivity contribution is 5.91. The number of amides is 1. The minimum absolute atomic E-state index is 0.108. The van der Waals surface area contributed by atoms with Gasteiger partial charge < -0.3 is 4.90 Å². The van der Waals surface area contributed by atoms with Crippen molar-refractivity contribution in [3.8, 4) is 0 Å². The summed E-state index contributed by atoms with van der Waals surface area (Å²) in [6.07, 6.45) is 3.60. The van der Waals surface area contributed by atoms with Crippen molar-refractivity contribution in [2.75, 3.05) is 26.2 Å². The maximum Gasteiger partial charge on any atom is 0.246 e. The highest BCUT2D eigenvalue weighted by Gasteiger charge is 2.19. The van der Waals surface area contributed by atoms with Crippen LogP contribution < -0.4 is 0 Å². The Morgan fingerprint density at radius 2 is 1.64 bits per heavy atom. The Morgan fingerprint density at radius 1 is 0.960 bits per heavy atom. The fourth-order valence-electron chi connectivity index (χ4n) is 3.11. The Bertz CT molecular complexity index is 741. The first-order valence-electron chi connectivity index (χ1n) is 8.92. The zero-order chi connectivity index (χ0) is 17.6. The van der Waals surface area contributed by atoms with Gasteiger partial charge in [0.1, 0.15) is 0 Å². The third-order valence-electron chi connectivity index (χ3n) is 4.83. The first-order valence-corrected chi connectivity index (χ1v) is 8.92. The molecular weight excluding hydrogens is 308 g/mol. The summed E-state index contributed by atoms with van der Waals surface area (Å²) in [5.41, 5.74) is 5.01. The summed E-state index contributed by atoms with van der Waals surface area (Å²) in [6.45, 7) is 8.64. The van der Waals surface area contributed by atoms with E-state index in [9.17, 15) is 4.79 Å². The van der Waals surface area contributed by atoms with Crippen LogP contribution in [0.5, 0.6) is 0 Å². The number of rotatable bonds is 4. The molecule has 0 aromatic heterocycles. The van der Waals surface area contributed by atoms with Crippen LogP contribution in [0.3, 0.4) is 0 Å². The molecule has 0 bridgehead atoms. The molecule has 0 N–H and O–H groups in total. The molecule has 1 heterocycles. The van der Waals surface area contributed by atoms with Gasteiger partial charge in [-0.3, -0.25) is 9.69 Å². The number of carbonyl (C=O) groups is 1. The molecule has 130 valence electrons. The normalized spacial score (nSPS) is 15.7. The van der Waals surface area contributed by atoms with Crippen LogP contribution in [0.2, 0.25) is 0 Å². The molecule has 0 saturated carbocycles. The number of aryl methyl sites for hydroxylation is 2. The van der Waals surface area contributed by atoms with Crippen molar-refractivity contribution in [1.29, 1.82) is 0 Å². The van der Waals surface area contributed by atoms with E-state index in [0.29, 0.717) is 0 Å². The average molecular weight is 334 g/mol. The summed E-state index contributed by atoms with van der Waals surface area (Å²) >= 11 is 0. The standard InChI is InChI=1S/C22H26N2O/c1-18-7-9-20(10-8-18)11-12-22(25)24-15-13-23(14-16-24)17-21-6-4-3-5-19(21)2/h3-12H,13-17H2,1-2H3/b12-11+. The van der Waals surface area contributed by atoms with Gasteiger partial charge in [-0.25, -0.2) is 0 Å². The second-order valence-corrected chi connectivity index (χ2v) is 6.77. The number of hydrogen-bond donors (Lipinski definition) is 0. The predicted octanol–water partition coefficient (Wildman–Crippen LogP) is 3.66. The second-order valence-electron chi connectivity index (χ2n) is 6.77. The highest BCUT2D eigenvalue weighted by Crippen LogP contribution is 2.13. The van der Waals surface area contributed by atoms with E-state index in [-0.39, 0.29) is 5.91 Å². The third kappa shape index (κ3) is 4.80. The summed E-state index contributed by atoms with van der Waals surface area (Å²) in [6, 6.07) is 16.7. The zero-order valence-corrected chi connectivity index (χ0v) is 15.1. The van der Waals surface area contributed by atoms with E-state index < -0.39 is 0 Å². The van der Waals surface area contributed by atoms with Crippen molar-refractivity contribution in [3.05, 3.63) is 76.9 Å². The molecule has 25 heavy (non-hydrogen) atoms. The van der Waals surface area contributed by atoms with Gasteiger partial charge in [0.05, 0.1) is 0 Å². The van der Waals surface area contributed by atoms with Crippen molar-refractivity contribution >= 4 is 12.0 Å². The van der Waals surface area contributed by atoms with Crippen LogP contribution in [0.1, 0.15) is 22.3 Å². The van der Waals surface area contributed by atoms with E-state index in [2.05, 4.69) is 55.1 Å². The molecule has 2 aromatic rings. The zero-order valence-electron chi connectivity index (χ0n) is 15.1. The molecule has 3 nitrogen and oxygen atoms in total. The highest BCUT2D eigenvalue weighted by atomic mass is 16.2. The molecular formula is C22H26N2O. The smallest absolute Gasteiger partial charge is 0.246 e. The maximum absolute atomic E-state index is 12.4. The van der Waals surface area contributed by atoms with Crippen molar-refractivity contribution in [2.24, 2.45) is 0 Å². The first kappa shape index (κ1) is 17.4. The third-order valence-corrected chi connectivity index (χ3v) is 4.83. The molecule has 0 aliphatic carbocycles. The van der Waals surface area contributed by atoms with Gasteiger partial charge in [-0.2, -0.15) is 0 Å². The quantitative estimate of drug-likeness (QED) is 0.797. The lowest BCUT2D eigenvalue weighted by atomic mass is 10.1. The summed E-state index contributed by atoms with van der Waals surface area (Å²) in [5.74, 6) is 0.108. The fraction of sp³-hybridized carbons (Fsp3) is 0.318. The Balaban J connectivity index is 1.50. The van der Waals surface area contributed by atoms with Gasteiger partial charge in [0.25, 0.3) is 0 Å². The number of benzene rings is 2. The predicted molar refractivity (Wildman–Crippen MR) is 103 cm³/mol. The Hall–Kier alpha value is -2.39. The van der Waals surface area contributed by atoms with Crippen LogP contribution in [0, 0.1) is 13.8 Å². The molecule has 1 aliphatic heterocycles.